The first-order valence-electron chi connectivity index (χ1n) is 15.6. The first kappa shape index (κ1) is 33.2. The molecule has 2 unspecified atom stereocenters. The summed E-state index contributed by atoms with van der Waals surface area (Å²) in [6, 6.07) is 3.53. The van der Waals surface area contributed by atoms with E-state index in [1.54, 1.807) is 12.3 Å². The summed E-state index contributed by atoms with van der Waals surface area (Å²) in [7, 11) is 0. The molecule has 1 aromatic rings. The number of hydrogen-bond acceptors (Lipinski definition) is 5. The Bertz CT molecular complexity index is 833. The first-order chi connectivity index (χ1) is 18.9. The van der Waals surface area contributed by atoms with Crippen molar-refractivity contribution in [2.45, 2.75) is 142 Å². The van der Waals surface area contributed by atoms with E-state index in [4.69, 9.17) is 14.2 Å². The van der Waals surface area contributed by atoms with Gasteiger partial charge >= 0.3 is 6.09 Å². The van der Waals surface area contributed by atoms with Crippen LogP contribution >= 0.6 is 0 Å². The van der Waals surface area contributed by atoms with Gasteiger partial charge in [0.1, 0.15) is 24.4 Å². The van der Waals surface area contributed by atoms with Crippen molar-refractivity contribution >= 4 is 17.7 Å². The highest BCUT2D eigenvalue weighted by molar-refractivity contribution is 6.11. The molecule has 0 N–H and O–H groups in total. The Labute approximate surface area is 237 Å². The number of amides is 2. The van der Waals surface area contributed by atoms with Crippen molar-refractivity contribution < 1.29 is 28.4 Å². The van der Waals surface area contributed by atoms with E-state index < -0.39 is 11.7 Å². The molecule has 1 saturated heterocycles. The fourth-order valence-corrected chi connectivity index (χ4v) is 5.18. The third-order valence-electron chi connectivity index (χ3n) is 7.59. The normalized spacial score (nSPS) is 18.8. The monoisotopic (exact) mass is 547 g/mol. The maximum atomic E-state index is 12.8. The zero-order valence-corrected chi connectivity index (χ0v) is 25.3. The topological polar surface area (TPSA) is 69.0 Å². The van der Waals surface area contributed by atoms with Gasteiger partial charge in [0.15, 0.2) is 12.4 Å². The SMILES string of the molecule is CCCCCCCCCCCCCCCCOC1COC(C)(COC(=O)N(C(C)=O)c2ccc[n+](CC)c2)C1. The third kappa shape index (κ3) is 13.3. The lowest BCUT2D eigenvalue weighted by atomic mass is 10.0. The molecular formula is C32H55N2O5+. The number of ether oxygens (including phenoxy) is 3. The van der Waals surface area contributed by atoms with E-state index in [-0.39, 0.29) is 18.6 Å². The summed E-state index contributed by atoms with van der Waals surface area (Å²) in [4.78, 5) is 26.0. The molecule has 0 radical (unpaired) electrons. The van der Waals surface area contributed by atoms with E-state index in [0.29, 0.717) is 18.7 Å². The summed E-state index contributed by atoms with van der Waals surface area (Å²) < 4.78 is 19.4. The first-order valence-corrected chi connectivity index (χ1v) is 15.6. The van der Waals surface area contributed by atoms with Gasteiger partial charge in [0.25, 0.3) is 0 Å². The number of hydrogen-bond donors (Lipinski definition) is 0. The number of anilines is 1. The highest BCUT2D eigenvalue weighted by Gasteiger charge is 2.39. The minimum absolute atomic E-state index is 0.0113. The maximum Gasteiger partial charge on any atom is 0.421 e. The van der Waals surface area contributed by atoms with Crippen LogP contribution in [0.1, 0.15) is 124 Å². The van der Waals surface area contributed by atoms with Crippen molar-refractivity contribution in [1.82, 2.24) is 0 Å². The molecule has 7 nitrogen and oxygen atoms in total. The summed E-state index contributed by atoms with van der Waals surface area (Å²) in [5.41, 5.74) is -0.123. The van der Waals surface area contributed by atoms with Crippen LogP contribution in [-0.2, 0) is 25.5 Å². The lowest BCUT2D eigenvalue weighted by Crippen LogP contribution is -2.41. The summed E-state index contributed by atoms with van der Waals surface area (Å²) in [6.07, 6.45) is 22.4. The zero-order valence-electron chi connectivity index (χ0n) is 25.3. The predicted molar refractivity (Wildman–Crippen MR) is 156 cm³/mol. The lowest BCUT2D eigenvalue weighted by molar-refractivity contribution is -0.693. The Morgan fingerprint density at radius 2 is 1.56 bits per heavy atom. The Kier molecular flexibility index (Phi) is 16.3. The molecule has 2 rings (SSSR count). The molecule has 2 heterocycles. The number of aromatic nitrogens is 1. The fraction of sp³-hybridized carbons (Fsp3) is 0.781. The van der Waals surface area contributed by atoms with Gasteiger partial charge in [-0.25, -0.2) is 14.3 Å². The highest BCUT2D eigenvalue weighted by atomic mass is 16.6. The van der Waals surface area contributed by atoms with Crippen LogP contribution in [-0.4, -0.2) is 43.5 Å². The number of carbonyl (C=O) groups excluding carboxylic acids is 2. The van der Waals surface area contributed by atoms with Gasteiger partial charge < -0.3 is 14.2 Å². The van der Waals surface area contributed by atoms with Crippen LogP contribution in [0.25, 0.3) is 0 Å². The average Bonchev–Trinajstić information content (AvgIpc) is 3.30. The zero-order chi connectivity index (χ0) is 28.3. The molecule has 222 valence electrons. The number of imide groups is 1. The van der Waals surface area contributed by atoms with Crippen LogP contribution in [0, 0.1) is 0 Å². The molecule has 7 heteroatoms. The van der Waals surface area contributed by atoms with Crippen molar-refractivity contribution in [3.63, 3.8) is 0 Å². The van der Waals surface area contributed by atoms with E-state index >= 15 is 0 Å². The second kappa shape index (κ2) is 19.1. The molecule has 0 aliphatic carbocycles. The van der Waals surface area contributed by atoms with Crippen LogP contribution in [0.3, 0.4) is 0 Å². The minimum Gasteiger partial charge on any atom is -0.446 e. The number of rotatable bonds is 20. The molecule has 39 heavy (non-hydrogen) atoms. The van der Waals surface area contributed by atoms with E-state index in [0.717, 1.165) is 24.5 Å². The van der Waals surface area contributed by atoms with Crippen molar-refractivity contribution in [3.05, 3.63) is 24.5 Å². The van der Waals surface area contributed by atoms with Crippen molar-refractivity contribution in [3.8, 4) is 0 Å². The van der Waals surface area contributed by atoms with Gasteiger partial charge in [0.2, 0.25) is 5.91 Å². The number of carbonyl (C=O) groups is 2. The van der Waals surface area contributed by atoms with Crippen LogP contribution in [0.5, 0.6) is 0 Å². The third-order valence-corrected chi connectivity index (χ3v) is 7.59. The van der Waals surface area contributed by atoms with Crippen molar-refractivity contribution in [2.24, 2.45) is 0 Å². The summed E-state index contributed by atoms with van der Waals surface area (Å²) in [5, 5.41) is 0. The van der Waals surface area contributed by atoms with Crippen molar-refractivity contribution in [2.75, 3.05) is 24.7 Å². The van der Waals surface area contributed by atoms with E-state index in [9.17, 15) is 9.59 Å². The molecule has 1 aliphatic rings. The number of nitrogens with zero attached hydrogens (tertiary/aromatic N) is 2. The van der Waals surface area contributed by atoms with Gasteiger partial charge in [-0.3, -0.25) is 4.79 Å². The molecule has 1 fully saturated rings. The Morgan fingerprint density at radius 3 is 2.13 bits per heavy atom. The van der Waals surface area contributed by atoms with E-state index in [2.05, 4.69) is 6.92 Å². The van der Waals surface area contributed by atoms with Crippen molar-refractivity contribution in [1.29, 1.82) is 0 Å². The molecule has 0 saturated carbocycles. The number of aryl methyl sites for hydroxylation is 1. The summed E-state index contributed by atoms with van der Waals surface area (Å²) in [6.45, 7) is 9.62. The van der Waals surface area contributed by atoms with E-state index in [1.807, 2.05) is 30.7 Å². The quantitative estimate of drug-likeness (QED) is 0.125. The summed E-state index contributed by atoms with van der Waals surface area (Å²) >= 11 is 0. The predicted octanol–water partition coefficient (Wildman–Crippen LogP) is 7.53. The second-order valence-corrected chi connectivity index (χ2v) is 11.4. The van der Waals surface area contributed by atoms with Crippen LogP contribution in [0.15, 0.2) is 24.5 Å². The van der Waals surface area contributed by atoms with Crippen LogP contribution < -0.4 is 9.47 Å². The molecule has 0 spiro atoms. The van der Waals surface area contributed by atoms with Gasteiger partial charge in [-0.15, -0.1) is 0 Å². The van der Waals surface area contributed by atoms with Gasteiger partial charge in [0.05, 0.1) is 12.7 Å². The Morgan fingerprint density at radius 1 is 0.974 bits per heavy atom. The van der Waals surface area contributed by atoms with Gasteiger partial charge in [-0.05, 0) is 26.3 Å². The number of unbranched alkanes of at least 4 members (excludes halogenated alkanes) is 13. The molecule has 0 aromatic carbocycles. The van der Waals surface area contributed by atoms with Crippen LogP contribution in [0.4, 0.5) is 10.5 Å². The second-order valence-electron chi connectivity index (χ2n) is 11.4. The average molecular weight is 548 g/mol. The number of pyridine rings is 1. The van der Waals surface area contributed by atoms with Gasteiger partial charge in [-0.2, -0.15) is 0 Å². The molecule has 2 amide bonds. The maximum absolute atomic E-state index is 12.8. The van der Waals surface area contributed by atoms with Gasteiger partial charge in [-0.1, -0.05) is 90.4 Å². The van der Waals surface area contributed by atoms with E-state index in [1.165, 1.54) is 90.4 Å². The summed E-state index contributed by atoms with van der Waals surface area (Å²) in [5.74, 6) is -0.388. The smallest absolute Gasteiger partial charge is 0.421 e. The highest BCUT2D eigenvalue weighted by Crippen LogP contribution is 2.28. The van der Waals surface area contributed by atoms with Gasteiger partial charge in [0, 0.05) is 26.0 Å². The largest absolute Gasteiger partial charge is 0.446 e. The standard InChI is InChI=1S/C32H55N2O5/c1-5-7-8-9-10-11-12-13-14-15-16-17-18-19-23-37-30-24-32(4,39-26-30)27-38-31(36)34(28(3)35)29-21-20-22-33(6-2)25-29/h20-22,25,30H,5-19,23-24,26-27H2,1-4H3/q+1. The Hall–Kier alpha value is -1.99. The molecule has 0 bridgehead atoms. The Balaban J connectivity index is 1.54. The molecule has 1 aliphatic heterocycles. The molecule has 1 aromatic heterocycles. The minimum atomic E-state index is -0.687. The lowest BCUT2D eigenvalue weighted by Gasteiger charge is -2.25. The van der Waals surface area contributed by atoms with Crippen LogP contribution in [0.2, 0.25) is 0 Å². The fourth-order valence-electron chi connectivity index (χ4n) is 5.18. The molecule has 2 atom stereocenters. The molecular weight excluding hydrogens is 492 g/mol.